The largest absolute Gasteiger partial charge is 0.360 e. The van der Waals surface area contributed by atoms with E-state index in [0.29, 0.717) is 11.2 Å². The lowest BCUT2D eigenvalue weighted by atomic mass is 10.2. The van der Waals surface area contributed by atoms with Crippen LogP contribution in [0.15, 0.2) is 18.2 Å². The van der Waals surface area contributed by atoms with Gasteiger partial charge in [0.25, 0.3) is 0 Å². The van der Waals surface area contributed by atoms with Crippen LogP contribution in [-0.2, 0) is 0 Å². The number of hydrogen-bond acceptors (Lipinski definition) is 1. The second kappa shape index (κ2) is 6.06. The summed E-state index contributed by atoms with van der Waals surface area (Å²) in [5.41, 5.74) is 1.96. The average Bonchev–Trinajstić information content (AvgIpc) is 2.24. The van der Waals surface area contributed by atoms with Gasteiger partial charge in [0.1, 0.15) is 0 Å². The zero-order valence-corrected chi connectivity index (χ0v) is 11.4. The minimum atomic E-state index is 0.375. The van der Waals surface area contributed by atoms with Gasteiger partial charge in [-0.05, 0) is 50.2 Å². The maximum atomic E-state index is 6.03. The van der Waals surface area contributed by atoms with Crippen LogP contribution in [0, 0.1) is 6.92 Å². The summed E-state index contributed by atoms with van der Waals surface area (Å²) in [5, 5.41) is 7.74. The molecule has 0 fully saturated rings. The molecule has 0 aliphatic heterocycles. The fourth-order valence-corrected chi connectivity index (χ4v) is 1.71. The van der Waals surface area contributed by atoms with Crippen LogP contribution in [-0.4, -0.2) is 11.2 Å². The monoisotopic (exact) mass is 256 g/mol. The number of rotatable bonds is 3. The van der Waals surface area contributed by atoms with Crippen LogP contribution in [0.25, 0.3) is 0 Å². The van der Waals surface area contributed by atoms with Crippen molar-refractivity contribution in [1.82, 2.24) is 5.32 Å². The summed E-state index contributed by atoms with van der Waals surface area (Å²) < 4.78 is 0. The van der Waals surface area contributed by atoms with Crippen molar-refractivity contribution in [2.24, 2.45) is 0 Å². The van der Waals surface area contributed by atoms with Gasteiger partial charge in [0, 0.05) is 16.8 Å². The minimum absolute atomic E-state index is 0.375. The van der Waals surface area contributed by atoms with Crippen LogP contribution < -0.4 is 10.6 Å². The molecule has 1 atom stereocenters. The molecule has 1 rings (SSSR count). The van der Waals surface area contributed by atoms with E-state index in [-0.39, 0.29) is 0 Å². The molecule has 2 nitrogen and oxygen atoms in total. The molecule has 4 heteroatoms. The lowest BCUT2D eigenvalue weighted by Gasteiger charge is -2.16. The van der Waals surface area contributed by atoms with Gasteiger partial charge in [-0.15, -0.1) is 0 Å². The normalized spacial score (nSPS) is 12.0. The molecule has 88 valence electrons. The van der Waals surface area contributed by atoms with Crippen LogP contribution in [0.1, 0.15) is 25.8 Å². The summed E-state index contributed by atoms with van der Waals surface area (Å²) >= 11 is 11.2. The Hall–Kier alpha value is -0.800. The van der Waals surface area contributed by atoms with Crippen molar-refractivity contribution in [1.29, 1.82) is 0 Å². The highest BCUT2D eigenvalue weighted by Gasteiger charge is 2.05. The predicted molar refractivity (Wildman–Crippen MR) is 75.3 cm³/mol. The lowest BCUT2D eigenvalue weighted by Crippen LogP contribution is -2.35. The molecule has 0 aliphatic carbocycles. The Labute approximate surface area is 107 Å². The third kappa shape index (κ3) is 3.65. The van der Waals surface area contributed by atoms with E-state index < -0.39 is 0 Å². The first-order valence-electron chi connectivity index (χ1n) is 5.37. The van der Waals surface area contributed by atoms with Gasteiger partial charge in [0.2, 0.25) is 0 Å². The highest BCUT2D eigenvalue weighted by Crippen LogP contribution is 2.22. The first kappa shape index (κ1) is 13.3. The molecule has 16 heavy (non-hydrogen) atoms. The molecule has 0 saturated carbocycles. The number of halogens is 1. The van der Waals surface area contributed by atoms with Gasteiger partial charge >= 0.3 is 0 Å². The first-order valence-corrected chi connectivity index (χ1v) is 6.15. The van der Waals surface area contributed by atoms with Crippen molar-refractivity contribution in [3.8, 4) is 0 Å². The van der Waals surface area contributed by atoms with Gasteiger partial charge in [-0.1, -0.05) is 24.6 Å². The molecule has 0 aromatic heterocycles. The summed E-state index contributed by atoms with van der Waals surface area (Å²) in [7, 11) is 0. The summed E-state index contributed by atoms with van der Waals surface area (Å²) in [6.45, 7) is 6.18. The molecule has 0 aliphatic rings. The van der Waals surface area contributed by atoms with Crippen LogP contribution >= 0.6 is 23.8 Å². The van der Waals surface area contributed by atoms with Crippen LogP contribution in [0.5, 0.6) is 0 Å². The Kier molecular flexibility index (Phi) is 5.03. The Morgan fingerprint density at radius 1 is 1.50 bits per heavy atom. The molecule has 0 amide bonds. The minimum Gasteiger partial charge on any atom is -0.360 e. The standard InChI is InChI=1S/C12H17ClN2S/c1-4-8(2)14-12(16)15-11-7-5-6-10(13)9(11)3/h5-8H,4H2,1-3H3,(H2,14,15,16). The van der Waals surface area contributed by atoms with Crippen molar-refractivity contribution >= 4 is 34.6 Å². The quantitative estimate of drug-likeness (QED) is 0.806. The molecule has 1 aromatic carbocycles. The molecule has 0 heterocycles. The maximum Gasteiger partial charge on any atom is 0.170 e. The van der Waals surface area contributed by atoms with E-state index in [9.17, 15) is 0 Å². The fourth-order valence-electron chi connectivity index (χ4n) is 1.23. The van der Waals surface area contributed by atoms with Gasteiger partial charge in [-0.2, -0.15) is 0 Å². The van der Waals surface area contributed by atoms with E-state index >= 15 is 0 Å². The molecule has 0 spiro atoms. The third-order valence-corrected chi connectivity index (χ3v) is 3.14. The molecule has 0 bridgehead atoms. The highest BCUT2D eigenvalue weighted by atomic mass is 35.5. The second-order valence-electron chi connectivity index (χ2n) is 3.82. The number of anilines is 1. The van der Waals surface area contributed by atoms with Crippen LogP contribution in [0.4, 0.5) is 5.69 Å². The maximum absolute atomic E-state index is 6.03. The molecule has 0 radical (unpaired) electrons. The number of hydrogen-bond donors (Lipinski definition) is 2. The Morgan fingerprint density at radius 3 is 2.81 bits per heavy atom. The van der Waals surface area contributed by atoms with E-state index in [0.717, 1.165) is 22.7 Å². The van der Waals surface area contributed by atoms with Gasteiger partial charge in [0.05, 0.1) is 0 Å². The van der Waals surface area contributed by atoms with Crippen molar-refractivity contribution < 1.29 is 0 Å². The smallest absolute Gasteiger partial charge is 0.170 e. The molecule has 2 N–H and O–H groups in total. The van der Waals surface area contributed by atoms with Crippen molar-refractivity contribution in [3.63, 3.8) is 0 Å². The lowest BCUT2D eigenvalue weighted by molar-refractivity contribution is 0.646. The van der Waals surface area contributed by atoms with Gasteiger partial charge < -0.3 is 10.6 Å². The van der Waals surface area contributed by atoms with Crippen molar-refractivity contribution in [2.75, 3.05) is 5.32 Å². The zero-order valence-electron chi connectivity index (χ0n) is 9.80. The van der Waals surface area contributed by atoms with E-state index in [2.05, 4.69) is 24.5 Å². The SMILES string of the molecule is CCC(C)NC(=S)Nc1cccc(Cl)c1C. The topological polar surface area (TPSA) is 24.1 Å². The van der Waals surface area contributed by atoms with E-state index in [1.165, 1.54) is 0 Å². The Morgan fingerprint density at radius 2 is 2.19 bits per heavy atom. The van der Waals surface area contributed by atoms with E-state index in [1.54, 1.807) is 0 Å². The Balaban J connectivity index is 2.66. The average molecular weight is 257 g/mol. The summed E-state index contributed by atoms with van der Waals surface area (Å²) in [6, 6.07) is 6.11. The molecular weight excluding hydrogens is 240 g/mol. The third-order valence-electron chi connectivity index (χ3n) is 2.51. The Bertz CT molecular complexity index is 379. The number of benzene rings is 1. The molecule has 1 aromatic rings. The molecule has 1 unspecified atom stereocenters. The summed E-state index contributed by atoms with van der Waals surface area (Å²) in [5.74, 6) is 0. The van der Waals surface area contributed by atoms with E-state index in [1.807, 2.05) is 25.1 Å². The van der Waals surface area contributed by atoms with Gasteiger partial charge in [0.15, 0.2) is 5.11 Å². The van der Waals surface area contributed by atoms with E-state index in [4.69, 9.17) is 23.8 Å². The first-order chi connectivity index (χ1) is 7.54. The molecular formula is C12H17ClN2S. The van der Waals surface area contributed by atoms with Crippen molar-refractivity contribution in [3.05, 3.63) is 28.8 Å². The summed E-state index contributed by atoms with van der Waals surface area (Å²) in [4.78, 5) is 0. The molecule has 0 saturated heterocycles. The fraction of sp³-hybridized carbons (Fsp3) is 0.417. The summed E-state index contributed by atoms with van der Waals surface area (Å²) in [6.07, 6.45) is 1.04. The number of nitrogens with one attached hydrogen (secondary N) is 2. The van der Waals surface area contributed by atoms with Crippen molar-refractivity contribution in [2.45, 2.75) is 33.2 Å². The van der Waals surface area contributed by atoms with Crippen LogP contribution in [0.2, 0.25) is 5.02 Å². The highest BCUT2D eigenvalue weighted by molar-refractivity contribution is 7.80. The number of thiocarbonyl (C=S) groups is 1. The predicted octanol–water partition coefficient (Wildman–Crippen LogP) is 3.73. The zero-order chi connectivity index (χ0) is 12.1. The van der Waals surface area contributed by atoms with Gasteiger partial charge in [-0.3, -0.25) is 0 Å². The van der Waals surface area contributed by atoms with Crippen LogP contribution in [0.3, 0.4) is 0 Å². The van der Waals surface area contributed by atoms with Gasteiger partial charge in [-0.25, -0.2) is 0 Å². The second-order valence-corrected chi connectivity index (χ2v) is 4.64.